The molecule has 3 rings (SSSR count). The number of aromatic amines is 1. The fourth-order valence-corrected chi connectivity index (χ4v) is 3.41. The van der Waals surface area contributed by atoms with Gasteiger partial charge in [-0.2, -0.15) is 0 Å². The molecule has 3 aromatic rings. The van der Waals surface area contributed by atoms with E-state index in [2.05, 4.69) is 19.9 Å². The Balaban J connectivity index is 1.80. The van der Waals surface area contributed by atoms with E-state index in [0.717, 1.165) is 28.2 Å². The lowest BCUT2D eigenvalue weighted by Crippen LogP contribution is -2.19. The quantitative estimate of drug-likeness (QED) is 0.589. The average molecular weight is 397 g/mol. The topological polar surface area (TPSA) is 70.6 Å². The van der Waals surface area contributed by atoms with Crippen molar-refractivity contribution in [3.63, 3.8) is 0 Å². The molecule has 2 aromatic heterocycles. The minimum absolute atomic E-state index is 0.152. The van der Waals surface area contributed by atoms with Crippen molar-refractivity contribution in [1.29, 1.82) is 0 Å². The molecule has 0 atom stereocenters. The lowest BCUT2D eigenvalue weighted by atomic mass is 10.1. The summed E-state index contributed by atoms with van der Waals surface area (Å²) in [7, 11) is 4.00. The zero-order chi connectivity index (χ0) is 19.9. The van der Waals surface area contributed by atoms with Gasteiger partial charge in [-0.25, -0.2) is 4.98 Å². The lowest BCUT2D eigenvalue weighted by molar-refractivity contribution is 0.261. The van der Waals surface area contributed by atoms with E-state index in [0.29, 0.717) is 24.3 Å². The predicted octanol–water partition coefficient (Wildman–Crippen LogP) is 3.74. The van der Waals surface area contributed by atoms with Gasteiger partial charge in [-0.05, 0) is 44.6 Å². The van der Waals surface area contributed by atoms with Crippen LogP contribution >= 0.6 is 11.3 Å². The van der Waals surface area contributed by atoms with Gasteiger partial charge in [-0.1, -0.05) is 6.08 Å². The van der Waals surface area contributed by atoms with Crippen LogP contribution in [0.5, 0.6) is 5.75 Å². The number of likely N-dealkylation sites (N-methyl/N-ethyl adjacent to an activating group) is 1. The zero-order valence-corrected chi connectivity index (χ0v) is 17.1. The summed E-state index contributed by atoms with van der Waals surface area (Å²) in [6, 6.07) is 7.62. The Labute approximate surface area is 168 Å². The van der Waals surface area contributed by atoms with Gasteiger partial charge in [0.15, 0.2) is 0 Å². The molecule has 0 aliphatic heterocycles. The number of rotatable bonds is 8. The van der Waals surface area contributed by atoms with Crippen molar-refractivity contribution in [3.05, 3.63) is 57.3 Å². The second-order valence-corrected chi connectivity index (χ2v) is 7.48. The molecule has 0 aliphatic rings. The van der Waals surface area contributed by atoms with Crippen LogP contribution in [0, 0.1) is 0 Å². The van der Waals surface area contributed by atoms with E-state index < -0.39 is 0 Å². The largest absolute Gasteiger partial charge is 0.492 e. The van der Waals surface area contributed by atoms with Gasteiger partial charge in [0.05, 0.1) is 21.8 Å². The Morgan fingerprint density at radius 1 is 1.32 bits per heavy atom. The van der Waals surface area contributed by atoms with Crippen LogP contribution in [0.4, 0.5) is 0 Å². The Morgan fingerprint density at radius 2 is 2.18 bits per heavy atom. The van der Waals surface area contributed by atoms with E-state index in [1.165, 1.54) is 11.3 Å². The van der Waals surface area contributed by atoms with Crippen molar-refractivity contribution in [2.24, 2.45) is 4.99 Å². The monoisotopic (exact) mass is 396 g/mol. The van der Waals surface area contributed by atoms with Crippen LogP contribution in [-0.4, -0.2) is 48.3 Å². The number of allylic oxidation sites excluding steroid dienone is 1. The van der Waals surface area contributed by atoms with Crippen LogP contribution in [-0.2, 0) is 6.42 Å². The van der Waals surface area contributed by atoms with E-state index in [1.54, 1.807) is 12.4 Å². The highest BCUT2D eigenvalue weighted by Crippen LogP contribution is 2.24. The molecule has 28 heavy (non-hydrogen) atoms. The number of H-pyrrole nitrogens is 1. The average Bonchev–Trinajstić information content (AvgIpc) is 3.13. The minimum atomic E-state index is -0.152. The second kappa shape index (κ2) is 9.43. The summed E-state index contributed by atoms with van der Waals surface area (Å²) >= 11 is 1.54. The number of thiazole rings is 1. The van der Waals surface area contributed by atoms with Crippen molar-refractivity contribution in [2.45, 2.75) is 13.3 Å². The zero-order valence-electron chi connectivity index (χ0n) is 16.3. The van der Waals surface area contributed by atoms with Crippen molar-refractivity contribution >= 4 is 28.5 Å². The Morgan fingerprint density at radius 3 is 2.96 bits per heavy atom. The van der Waals surface area contributed by atoms with Crippen molar-refractivity contribution in [3.8, 4) is 17.0 Å². The third-order valence-corrected chi connectivity index (χ3v) is 4.96. The molecule has 0 spiro atoms. The van der Waals surface area contributed by atoms with Gasteiger partial charge in [0.1, 0.15) is 12.4 Å². The Bertz CT molecular complexity index is 1050. The van der Waals surface area contributed by atoms with Crippen LogP contribution in [0.1, 0.15) is 11.9 Å². The molecule has 1 N–H and O–H groups in total. The first-order valence-electron chi connectivity index (χ1n) is 9.09. The summed E-state index contributed by atoms with van der Waals surface area (Å²) in [5.41, 5.74) is 1.88. The second-order valence-electron chi connectivity index (χ2n) is 6.54. The molecule has 0 saturated heterocycles. The number of aliphatic imine (C=N–C) groups is 1. The van der Waals surface area contributed by atoms with Crippen LogP contribution in [0.25, 0.3) is 22.2 Å². The highest BCUT2D eigenvalue weighted by atomic mass is 32.1. The molecule has 0 radical (unpaired) electrons. The fraction of sp³-hybridized carbons (Fsp3) is 0.286. The fourth-order valence-electron chi connectivity index (χ4n) is 2.64. The van der Waals surface area contributed by atoms with Gasteiger partial charge in [0.25, 0.3) is 5.56 Å². The molecule has 1 aromatic carbocycles. The van der Waals surface area contributed by atoms with E-state index in [1.807, 2.05) is 56.7 Å². The Hall–Kier alpha value is -2.77. The molecule has 0 bridgehead atoms. The standard InChI is InChI=1S/C21H24N4O2S/c1-4-22-9-5-6-20-23-19(14-28-20)17-12-15-7-8-16(27-11-10-25(2)3)13-18(15)24-21(17)26/h4-5,7-9,12-14H,6,10-11H2,1-3H3,(H,24,26)/b9-5-,22-4?. The number of ether oxygens (including phenoxy) is 1. The summed E-state index contributed by atoms with van der Waals surface area (Å²) in [6.45, 7) is 3.30. The van der Waals surface area contributed by atoms with Gasteiger partial charge in [0, 0.05) is 36.8 Å². The molecular weight excluding hydrogens is 372 g/mol. The van der Waals surface area contributed by atoms with Crippen molar-refractivity contribution in [1.82, 2.24) is 14.9 Å². The molecule has 0 amide bonds. The minimum Gasteiger partial charge on any atom is -0.492 e. The van der Waals surface area contributed by atoms with Gasteiger partial charge in [-0.15, -0.1) is 11.3 Å². The van der Waals surface area contributed by atoms with Crippen LogP contribution in [0.15, 0.2) is 51.7 Å². The number of nitrogens with one attached hydrogen (secondary N) is 1. The lowest BCUT2D eigenvalue weighted by Gasteiger charge is -2.11. The van der Waals surface area contributed by atoms with E-state index in [-0.39, 0.29) is 5.56 Å². The van der Waals surface area contributed by atoms with Gasteiger partial charge >= 0.3 is 0 Å². The molecule has 0 unspecified atom stereocenters. The third-order valence-electron chi connectivity index (χ3n) is 4.09. The van der Waals surface area contributed by atoms with E-state index >= 15 is 0 Å². The SMILES string of the molecule is CC=N/C=C\Cc1nc(-c2cc3ccc(OCCN(C)C)cc3[nH]c2=O)cs1. The summed E-state index contributed by atoms with van der Waals surface area (Å²) in [4.78, 5) is 26.2. The van der Waals surface area contributed by atoms with E-state index in [9.17, 15) is 4.79 Å². The summed E-state index contributed by atoms with van der Waals surface area (Å²) < 4.78 is 5.75. The molecule has 6 nitrogen and oxygen atoms in total. The molecule has 0 saturated carbocycles. The predicted molar refractivity (Wildman–Crippen MR) is 117 cm³/mol. The smallest absolute Gasteiger partial charge is 0.257 e. The van der Waals surface area contributed by atoms with Crippen LogP contribution in [0.3, 0.4) is 0 Å². The third kappa shape index (κ3) is 5.15. The van der Waals surface area contributed by atoms with Crippen LogP contribution in [0.2, 0.25) is 0 Å². The number of hydrogen-bond acceptors (Lipinski definition) is 6. The first-order valence-corrected chi connectivity index (χ1v) is 9.97. The van der Waals surface area contributed by atoms with Crippen molar-refractivity contribution in [2.75, 3.05) is 27.2 Å². The number of benzene rings is 1. The number of hydrogen-bond donors (Lipinski definition) is 1. The number of nitrogens with zero attached hydrogens (tertiary/aromatic N) is 3. The number of pyridine rings is 1. The highest BCUT2D eigenvalue weighted by Gasteiger charge is 2.10. The molecule has 0 aliphatic carbocycles. The molecule has 0 fully saturated rings. The summed E-state index contributed by atoms with van der Waals surface area (Å²) in [6.07, 6.45) is 6.13. The molecule has 7 heteroatoms. The normalized spacial score (nSPS) is 12.0. The summed E-state index contributed by atoms with van der Waals surface area (Å²) in [5, 5.41) is 3.81. The maximum Gasteiger partial charge on any atom is 0.257 e. The van der Waals surface area contributed by atoms with Crippen molar-refractivity contribution < 1.29 is 4.74 Å². The Kier molecular flexibility index (Phi) is 6.73. The van der Waals surface area contributed by atoms with Gasteiger partial charge in [-0.3, -0.25) is 9.79 Å². The number of aromatic nitrogens is 2. The van der Waals surface area contributed by atoms with Gasteiger partial charge < -0.3 is 14.6 Å². The molecule has 146 valence electrons. The molecule has 2 heterocycles. The first kappa shape index (κ1) is 20.0. The maximum atomic E-state index is 12.6. The highest BCUT2D eigenvalue weighted by molar-refractivity contribution is 7.10. The maximum absolute atomic E-state index is 12.6. The van der Waals surface area contributed by atoms with Gasteiger partial charge in [0.2, 0.25) is 0 Å². The van der Waals surface area contributed by atoms with Crippen LogP contribution < -0.4 is 10.3 Å². The first-order chi connectivity index (χ1) is 13.6. The van der Waals surface area contributed by atoms with E-state index in [4.69, 9.17) is 4.74 Å². The summed E-state index contributed by atoms with van der Waals surface area (Å²) in [5.74, 6) is 0.746. The molecular formula is C21H24N4O2S. The number of fused-ring (bicyclic) bond motifs is 1.